The summed E-state index contributed by atoms with van der Waals surface area (Å²) >= 11 is 0. The van der Waals surface area contributed by atoms with Crippen LogP contribution < -0.4 is 15.2 Å². The van der Waals surface area contributed by atoms with Crippen molar-refractivity contribution in [1.29, 1.82) is 0 Å². The summed E-state index contributed by atoms with van der Waals surface area (Å²) in [6.45, 7) is 1.28. The molecule has 1 aliphatic heterocycles. The molecule has 2 aromatic rings. The maximum atomic E-state index is 13.0. The molecule has 0 aromatic heterocycles. The normalized spacial score (nSPS) is 15.4. The van der Waals surface area contributed by atoms with E-state index >= 15 is 0 Å². The Morgan fingerprint density at radius 1 is 1.16 bits per heavy atom. The van der Waals surface area contributed by atoms with E-state index in [0.29, 0.717) is 17.0 Å². The van der Waals surface area contributed by atoms with Crippen LogP contribution in [0.2, 0.25) is 0 Å². The third-order valence-corrected chi connectivity index (χ3v) is 3.41. The predicted molar refractivity (Wildman–Crippen MR) is 87.8 cm³/mol. The van der Waals surface area contributed by atoms with Gasteiger partial charge in [0.25, 0.3) is 11.8 Å². The smallest absolute Gasteiger partial charge is 0.308 e. The molecule has 1 fully saturated rings. The van der Waals surface area contributed by atoms with Crippen molar-refractivity contribution in [2.45, 2.75) is 6.92 Å². The molecule has 1 N–H and O–H groups in total. The van der Waals surface area contributed by atoms with Gasteiger partial charge in [0.1, 0.15) is 17.1 Å². The molecule has 6 nitrogen and oxygen atoms in total. The second kappa shape index (κ2) is 6.56. The van der Waals surface area contributed by atoms with Crippen molar-refractivity contribution >= 4 is 29.5 Å². The van der Waals surface area contributed by atoms with Gasteiger partial charge in [0, 0.05) is 6.92 Å². The van der Waals surface area contributed by atoms with Gasteiger partial charge in [-0.15, -0.1) is 0 Å². The molecule has 3 rings (SSSR count). The molecule has 0 saturated carbocycles. The number of hydrazine groups is 1. The third-order valence-electron chi connectivity index (χ3n) is 3.41. The van der Waals surface area contributed by atoms with Crippen LogP contribution in [0.4, 0.5) is 10.1 Å². The van der Waals surface area contributed by atoms with E-state index in [4.69, 9.17) is 4.74 Å². The topological polar surface area (TPSA) is 75.7 Å². The number of esters is 1. The van der Waals surface area contributed by atoms with E-state index in [0.717, 1.165) is 5.01 Å². The number of amides is 2. The summed E-state index contributed by atoms with van der Waals surface area (Å²) in [5.74, 6) is -1.74. The Balaban J connectivity index is 1.88. The zero-order valence-corrected chi connectivity index (χ0v) is 13.2. The summed E-state index contributed by atoms with van der Waals surface area (Å²) < 4.78 is 18.0. The first-order chi connectivity index (χ1) is 11.9. The fourth-order valence-electron chi connectivity index (χ4n) is 2.33. The minimum atomic E-state index is -0.577. The fourth-order valence-corrected chi connectivity index (χ4v) is 2.33. The van der Waals surface area contributed by atoms with Gasteiger partial charge in [-0.2, -0.15) is 0 Å². The second-order valence-corrected chi connectivity index (χ2v) is 5.28. The van der Waals surface area contributed by atoms with Crippen molar-refractivity contribution in [2.24, 2.45) is 0 Å². The number of carbonyl (C=O) groups excluding carboxylic acids is 3. The maximum Gasteiger partial charge on any atom is 0.308 e. The molecule has 0 aliphatic carbocycles. The first-order valence-corrected chi connectivity index (χ1v) is 7.35. The van der Waals surface area contributed by atoms with Crippen LogP contribution in [-0.4, -0.2) is 17.8 Å². The molecule has 1 heterocycles. The highest BCUT2D eigenvalue weighted by Crippen LogP contribution is 2.23. The lowest BCUT2D eigenvalue weighted by Gasteiger charge is -2.14. The van der Waals surface area contributed by atoms with Crippen LogP contribution in [0.15, 0.2) is 54.1 Å². The fraction of sp³-hybridized carbons (Fsp3) is 0.0556. The molecule has 0 radical (unpaired) electrons. The first-order valence-electron chi connectivity index (χ1n) is 7.35. The zero-order valence-electron chi connectivity index (χ0n) is 13.2. The van der Waals surface area contributed by atoms with Gasteiger partial charge in [0.2, 0.25) is 0 Å². The van der Waals surface area contributed by atoms with Crippen molar-refractivity contribution in [2.75, 3.05) is 5.01 Å². The van der Waals surface area contributed by atoms with E-state index in [2.05, 4.69) is 5.43 Å². The summed E-state index contributed by atoms with van der Waals surface area (Å²) in [5.41, 5.74) is 3.22. The standard InChI is InChI=1S/C18H13FN2O4/c1-11(22)25-15-4-2-3-12(9-15)10-16-17(23)20-21(18(16)24)14-7-5-13(19)6-8-14/h2-10H,1H3,(H,20,23). The summed E-state index contributed by atoms with van der Waals surface area (Å²) in [6.07, 6.45) is 1.40. The Labute approximate surface area is 142 Å². The number of benzene rings is 2. The van der Waals surface area contributed by atoms with Gasteiger partial charge in [-0.3, -0.25) is 19.8 Å². The monoisotopic (exact) mass is 340 g/mol. The van der Waals surface area contributed by atoms with Crippen molar-refractivity contribution < 1.29 is 23.5 Å². The van der Waals surface area contributed by atoms with Crippen molar-refractivity contribution in [1.82, 2.24) is 5.43 Å². The van der Waals surface area contributed by atoms with Gasteiger partial charge in [0.05, 0.1) is 5.69 Å². The Hall–Kier alpha value is -3.48. The van der Waals surface area contributed by atoms with Gasteiger partial charge in [0.15, 0.2) is 0 Å². The Kier molecular flexibility index (Phi) is 4.30. The van der Waals surface area contributed by atoms with Crippen LogP contribution in [-0.2, 0) is 14.4 Å². The lowest BCUT2D eigenvalue weighted by atomic mass is 10.1. The molecule has 2 amide bonds. The Morgan fingerprint density at radius 3 is 2.56 bits per heavy atom. The molecular weight excluding hydrogens is 327 g/mol. The molecule has 7 heteroatoms. The summed E-state index contributed by atoms with van der Waals surface area (Å²) in [5, 5.41) is 1.05. The quantitative estimate of drug-likeness (QED) is 0.402. The average molecular weight is 340 g/mol. The molecule has 126 valence electrons. The van der Waals surface area contributed by atoms with Crippen molar-refractivity contribution in [3.8, 4) is 5.75 Å². The largest absolute Gasteiger partial charge is 0.427 e. The van der Waals surface area contributed by atoms with E-state index in [9.17, 15) is 18.8 Å². The van der Waals surface area contributed by atoms with E-state index in [-0.39, 0.29) is 5.57 Å². The number of carbonyl (C=O) groups is 3. The molecule has 1 aliphatic rings. The Bertz CT molecular complexity index is 890. The minimum Gasteiger partial charge on any atom is -0.427 e. The highest BCUT2D eigenvalue weighted by Gasteiger charge is 2.34. The molecule has 0 atom stereocenters. The van der Waals surface area contributed by atoms with Gasteiger partial charge in [-0.1, -0.05) is 12.1 Å². The van der Waals surface area contributed by atoms with Crippen molar-refractivity contribution in [3.05, 3.63) is 65.5 Å². The number of anilines is 1. The summed E-state index contributed by atoms with van der Waals surface area (Å²) in [7, 11) is 0. The second-order valence-electron chi connectivity index (χ2n) is 5.28. The Morgan fingerprint density at radius 2 is 1.88 bits per heavy atom. The number of rotatable bonds is 3. The average Bonchev–Trinajstić information content (AvgIpc) is 2.83. The molecule has 0 spiro atoms. The SMILES string of the molecule is CC(=O)Oc1cccc(C=C2C(=O)NN(c3ccc(F)cc3)C2=O)c1. The molecule has 1 saturated heterocycles. The van der Waals surface area contributed by atoms with Gasteiger partial charge < -0.3 is 4.74 Å². The number of hydrogen-bond donors (Lipinski definition) is 1. The zero-order chi connectivity index (χ0) is 18.0. The van der Waals surface area contributed by atoms with E-state index < -0.39 is 23.6 Å². The maximum absolute atomic E-state index is 13.0. The molecule has 2 aromatic carbocycles. The van der Waals surface area contributed by atoms with Gasteiger partial charge in [-0.05, 0) is 48.0 Å². The number of halogens is 1. The number of hydrogen-bond acceptors (Lipinski definition) is 4. The predicted octanol–water partition coefficient (Wildman–Crippen LogP) is 2.21. The molecule has 0 unspecified atom stereocenters. The third kappa shape index (κ3) is 3.55. The lowest BCUT2D eigenvalue weighted by Crippen LogP contribution is -2.35. The van der Waals surface area contributed by atoms with Crippen LogP contribution in [0.5, 0.6) is 5.75 Å². The van der Waals surface area contributed by atoms with Gasteiger partial charge in [-0.25, -0.2) is 9.40 Å². The van der Waals surface area contributed by atoms with Crippen molar-refractivity contribution in [3.63, 3.8) is 0 Å². The molecular formula is C18H13FN2O4. The molecule has 0 bridgehead atoms. The summed E-state index contributed by atoms with van der Waals surface area (Å²) in [6, 6.07) is 11.6. The first kappa shape index (κ1) is 16.4. The number of nitrogens with one attached hydrogen (secondary N) is 1. The van der Waals surface area contributed by atoms with Gasteiger partial charge >= 0.3 is 5.97 Å². The van der Waals surface area contributed by atoms with E-state index in [1.54, 1.807) is 18.2 Å². The molecule has 25 heavy (non-hydrogen) atoms. The van der Waals surface area contributed by atoms with Crippen LogP contribution >= 0.6 is 0 Å². The lowest BCUT2D eigenvalue weighted by molar-refractivity contribution is -0.132. The van der Waals surface area contributed by atoms with Crippen LogP contribution in [0, 0.1) is 5.82 Å². The number of ether oxygens (including phenoxy) is 1. The van der Waals surface area contributed by atoms with E-state index in [1.807, 2.05) is 0 Å². The van der Waals surface area contributed by atoms with Crippen LogP contribution in [0.25, 0.3) is 6.08 Å². The summed E-state index contributed by atoms with van der Waals surface area (Å²) in [4.78, 5) is 35.6. The number of nitrogens with zero attached hydrogens (tertiary/aromatic N) is 1. The van der Waals surface area contributed by atoms with E-state index in [1.165, 1.54) is 43.3 Å². The van der Waals surface area contributed by atoms with Crippen LogP contribution in [0.1, 0.15) is 12.5 Å². The van der Waals surface area contributed by atoms with Crippen LogP contribution in [0.3, 0.4) is 0 Å². The minimum absolute atomic E-state index is 0.0794. The highest BCUT2D eigenvalue weighted by molar-refractivity contribution is 6.31. The highest BCUT2D eigenvalue weighted by atomic mass is 19.1.